The molecule has 54 heavy (non-hydrogen) atoms. The van der Waals surface area contributed by atoms with E-state index in [1.165, 1.54) is 75.6 Å². The number of hydrogen-bond acceptors (Lipinski definition) is 2. The molecule has 2 heteroatoms. The quantitative estimate of drug-likeness (QED) is 0.133. The highest BCUT2D eigenvalue weighted by atomic mass is 16.5. The van der Waals surface area contributed by atoms with Crippen LogP contribution in [0.25, 0.3) is 109 Å². The van der Waals surface area contributed by atoms with Gasteiger partial charge in [-0.05, 0) is 160 Å². The Morgan fingerprint density at radius 1 is 0.611 bits per heavy atom. The Morgan fingerprint density at radius 2 is 1.24 bits per heavy atom. The first-order valence-corrected chi connectivity index (χ1v) is 20.0. The molecule has 0 heterocycles. The first-order valence-electron chi connectivity index (χ1n) is 20.0. The molecule has 0 N–H and O–H groups in total. The lowest BCUT2D eigenvalue weighted by Gasteiger charge is -2.44. The lowest BCUT2D eigenvalue weighted by atomic mass is 9.57. The predicted octanol–water partition coefficient (Wildman–Crippen LogP) is 11.0. The second-order valence-corrected chi connectivity index (χ2v) is 18.1. The summed E-state index contributed by atoms with van der Waals surface area (Å²) in [5.74, 6) is 0.552. The van der Waals surface area contributed by atoms with E-state index in [2.05, 4.69) is 91.0 Å². The van der Waals surface area contributed by atoms with Gasteiger partial charge in [0.25, 0.3) is 0 Å². The molecule has 2 nitrogen and oxygen atoms in total. The molecular formula is C52H26O2. The van der Waals surface area contributed by atoms with Crippen LogP contribution in [0.2, 0.25) is 0 Å². The highest BCUT2D eigenvalue weighted by molar-refractivity contribution is 6.60. The van der Waals surface area contributed by atoms with E-state index in [0.29, 0.717) is 18.3 Å². The minimum atomic E-state index is -0.217. The summed E-state index contributed by atoms with van der Waals surface area (Å²) in [5.41, 5.74) is 11.9. The Morgan fingerprint density at radius 3 is 2.00 bits per heavy atom. The van der Waals surface area contributed by atoms with Crippen LogP contribution in [0.5, 0.6) is 0 Å². The summed E-state index contributed by atoms with van der Waals surface area (Å²) < 4.78 is 5.31. The highest BCUT2D eigenvalue weighted by Crippen LogP contribution is 2.96. The topological polar surface area (TPSA) is 26.3 Å². The van der Waals surface area contributed by atoms with Crippen LogP contribution in [0.15, 0.2) is 96.1 Å². The van der Waals surface area contributed by atoms with E-state index in [4.69, 9.17) is 4.74 Å². The fourth-order valence-electron chi connectivity index (χ4n) is 16.8. The van der Waals surface area contributed by atoms with Crippen LogP contribution in [0.4, 0.5) is 0 Å². The number of rotatable bonds is 5. The predicted molar refractivity (Wildman–Crippen MR) is 219 cm³/mol. The maximum atomic E-state index is 13.0. The summed E-state index contributed by atoms with van der Waals surface area (Å²) in [7, 11) is 1.54. The minimum absolute atomic E-state index is 0.0996. The van der Waals surface area contributed by atoms with Gasteiger partial charge in [-0.3, -0.25) is 4.79 Å². The highest BCUT2D eigenvalue weighted by Gasteiger charge is 2.96. The van der Waals surface area contributed by atoms with Gasteiger partial charge in [-0.15, -0.1) is 0 Å². The van der Waals surface area contributed by atoms with Gasteiger partial charge in [-0.2, -0.15) is 0 Å². The number of carbonyl (C=O) groups is 1. The van der Waals surface area contributed by atoms with Crippen molar-refractivity contribution in [3.05, 3.63) is 129 Å². The maximum Gasteiger partial charge on any atom is 0.305 e. The van der Waals surface area contributed by atoms with Crippen molar-refractivity contribution in [2.24, 2.45) is 5.92 Å². The molecule has 0 amide bonds. The Hall–Kier alpha value is -5.99. The molecule has 2 spiro atoms. The van der Waals surface area contributed by atoms with Gasteiger partial charge in [0.05, 0.1) is 7.11 Å². The van der Waals surface area contributed by atoms with Gasteiger partial charge >= 0.3 is 5.97 Å². The zero-order valence-corrected chi connectivity index (χ0v) is 29.3. The molecule has 1 saturated carbocycles. The fourth-order valence-corrected chi connectivity index (χ4v) is 16.8. The number of carbonyl (C=O) groups excluding carboxylic acids is 1. The average molecular weight is 683 g/mol. The second kappa shape index (κ2) is 6.80. The normalized spacial score (nSPS) is 28.7. The molecule has 0 aromatic heterocycles. The van der Waals surface area contributed by atoms with Gasteiger partial charge in [0.2, 0.25) is 0 Å². The molecule has 11 aromatic rings. The number of hydrogen-bond donors (Lipinski definition) is 0. The number of allylic oxidation sites excluding steroid dienone is 5. The van der Waals surface area contributed by atoms with Gasteiger partial charge < -0.3 is 4.74 Å². The molecule has 0 saturated heterocycles. The lowest BCUT2D eigenvalue weighted by Crippen LogP contribution is -2.38. The summed E-state index contributed by atoms with van der Waals surface area (Å²) in [6, 6.07) is 26.6. The molecule has 5 atom stereocenters. The zero-order valence-electron chi connectivity index (χ0n) is 29.3. The van der Waals surface area contributed by atoms with E-state index in [1.54, 1.807) is 78.2 Å². The Labute approximate surface area is 306 Å². The SMILES string of the molecule is COC(=O)CCCC1(c2ccccc2)C23C4=C5C=CC6=c7ccc8c9ccc%10c%11ccc%12c(c2c2c%13c%14c%15c(c7c8c7c%15c%13c(c%11c%122)c%10c97)C6C5C%1413)C=C4. The van der Waals surface area contributed by atoms with Gasteiger partial charge in [0.1, 0.15) is 0 Å². The number of methoxy groups -OCH3 is 1. The molecular weight excluding hydrogens is 657 g/mol. The van der Waals surface area contributed by atoms with Crippen molar-refractivity contribution in [3.8, 4) is 0 Å². The molecule has 0 aliphatic heterocycles. The molecule has 246 valence electrons. The Bertz CT molecular complexity index is 3930. The van der Waals surface area contributed by atoms with Gasteiger partial charge in [-0.25, -0.2) is 0 Å². The van der Waals surface area contributed by atoms with E-state index >= 15 is 0 Å². The molecule has 11 aromatic carbocycles. The van der Waals surface area contributed by atoms with Crippen LogP contribution in [0.3, 0.4) is 0 Å². The summed E-state index contributed by atoms with van der Waals surface area (Å²) in [6.45, 7) is 0. The standard InChI is InChI=1S/C52H26O2/c1-54-31(53)8-5-19-50(20-6-3-2-4-7-20)51-30-18-17-28-27-14-13-24-23-10-9-21-22-11-12-25-26-15-16-29(30)48-38(26)41-35(25)34(22)39-32(21)33(23)40-36(24)37(27)44(47(28)51)46-43(40)42(39)45(41)49(46)52(48,50)51/h2-4,6-7,9-18,38,48H,5,8,19H2,1H3. The van der Waals surface area contributed by atoms with Crippen molar-refractivity contribution in [2.45, 2.75) is 41.4 Å². The number of benzene rings is 7. The maximum absolute atomic E-state index is 13.0. The Balaban J connectivity index is 1.22. The third-order valence-electron chi connectivity index (χ3n) is 17.5. The van der Waals surface area contributed by atoms with Crippen molar-refractivity contribution in [1.82, 2.24) is 0 Å². The molecule has 1 fully saturated rings. The van der Waals surface area contributed by atoms with Crippen molar-refractivity contribution in [2.75, 3.05) is 7.11 Å². The third kappa shape index (κ3) is 1.75. The van der Waals surface area contributed by atoms with Gasteiger partial charge in [0, 0.05) is 34.5 Å². The molecule has 18 rings (SSSR count). The average Bonchev–Trinajstić information content (AvgIpc) is 3.89. The fraction of sp³-hybridized carbons (Fsp3) is 0.173. The van der Waals surface area contributed by atoms with Gasteiger partial charge in [0.15, 0.2) is 0 Å². The molecule has 0 radical (unpaired) electrons. The first kappa shape index (κ1) is 25.1. The lowest BCUT2D eigenvalue weighted by molar-refractivity contribution is -0.140. The molecule has 7 aliphatic rings. The van der Waals surface area contributed by atoms with E-state index in [9.17, 15) is 4.79 Å². The number of esters is 1. The summed E-state index contributed by atoms with van der Waals surface area (Å²) >= 11 is 0. The van der Waals surface area contributed by atoms with Crippen molar-refractivity contribution >= 4 is 115 Å². The largest absolute Gasteiger partial charge is 0.469 e. The minimum Gasteiger partial charge on any atom is -0.469 e. The third-order valence-corrected chi connectivity index (χ3v) is 17.5. The molecule has 7 aliphatic carbocycles. The van der Waals surface area contributed by atoms with E-state index in [1.807, 2.05) is 0 Å². The van der Waals surface area contributed by atoms with Crippen LogP contribution in [-0.4, -0.2) is 13.1 Å². The molecule has 5 unspecified atom stereocenters. The van der Waals surface area contributed by atoms with E-state index < -0.39 is 0 Å². The van der Waals surface area contributed by atoms with Crippen molar-refractivity contribution < 1.29 is 9.53 Å². The van der Waals surface area contributed by atoms with Crippen LogP contribution in [0, 0.1) is 5.92 Å². The second-order valence-electron chi connectivity index (χ2n) is 18.1. The van der Waals surface area contributed by atoms with Gasteiger partial charge in [-0.1, -0.05) is 91.0 Å². The number of fused-ring (bicyclic) bond motifs is 3. The van der Waals surface area contributed by atoms with Crippen LogP contribution in [-0.2, 0) is 25.8 Å². The monoisotopic (exact) mass is 682 g/mol. The van der Waals surface area contributed by atoms with Crippen LogP contribution >= 0.6 is 0 Å². The van der Waals surface area contributed by atoms with Crippen molar-refractivity contribution in [3.63, 3.8) is 0 Å². The zero-order chi connectivity index (χ0) is 34.3. The number of ether oxygens (including phenoxy) is 1. The van der Waals surface area contributed by atoms with E-state index in [-0.39, 0.29) is 22.2 Å². The summed E-state index contributed by atoms with van der Waals surface area (Å²) in [4.78, 5) is 13.0. The van der Waals surface area contributed by atoms with Crippen LogP contribution < -0.4 is 5.22 Å². The summed E-state index contributed by atoms with van der Waals surface area (Å²) in [6.07, 6.45) is 12.4. The Kier molecular flexibility index (Phi) is 3.16. The smallest absolute Gasteiger partial charge is 0.305 e. The van der Waals surface area contributed by atoms with E-state index in [0.717, 1.165) is 12.8 Å². The van der Waals surface area contributed by atoms with Crippen molar-refractivity contribution in [1.29, 1.82) is 0 Å². The summed E-state index contributed by atoms with van der Waals surface area (Å²) in [5, 5.41) is 28.8. The first-order chi connectivity index (χ1) is 26.7. The van der Waals surface area contributed by atoms with Crippen LogP contribution in [0.1, 0.15) is 53.0 Å². The molecule has 0 bridgehead atoms.